The van der Waals surface area contributed by atoms with Crippen LogP contribution in [0, 0.1) is 13.8 Å². The van der Waals surface area contributed by atoms with Crippen molar-refractivity contribution >= 4 is 17.5 Å². The van der Waals surface area contributed by atoms with Gasteiger partial charge in [0, 0.05) is 5.69 Å². The average molecular weight is 356 g/mol. The Morgan fingerprint density at radius 2 is 1.62 bits per heavy atom. The van der Waals surface area contributed by atoms with Gasteiger partial charge in [0.15, 0.2) is 0 Å². The minimum atomic E-state index is -0.346. The molecule has 0 aromatic heterocycles. The van der Waals surface area contributed by atoms with E-state index >= 15 is 0 Å². The van der Waals surface area contributed by atoms with E-state index in [0.29, 0.717) is 24.6 Å². The van der Waals surface area contributed by atoms with E-state index in [1.807, 2.05) is 32.0 Å². The molecule has 26 heavy (non-hydrogen) atoms. The van der Waals surface area contributed by atoms with Crippen LogP contribution in [0.15, 0.2) is 42.5 Å². The first-order valence-corrected chi connectivity index (χ1v) is 8.38. The van der Waals surface area contributed by atoms with E-state index < -0.39 is 0 Å². The molecule has 0 saturated carbocycles. The summed E-state index contributed by atoms with van der Waals surface area (Å²) < 4.78 is 10.6. The van der Waals surface area contributed by atoms with Gasteiger partial charge in [-0.3, -0.25) is 9.59 Å². The smallest absolute Gasteiger partial charge is 0.233 e. The maximum atomic E-state index is 11.9. The summed E-state index contributed by atoms with van der Waals surface area (Å²) in [5.74, 6) is 0.749. The summed E-state index contributed by atoms with van der Waals surface area (Å²) in [5.41, 5.74) is 2.93. The van der Waals surface area contributed by atoms with Crippen molar-refractivity contribution in [1.82, 2.24) is 5.32 Å². The number of carbonyl (C=O) groups is 2. The quantitative estimate of drug-likeness (QED) is 0.563. The molecule has 2 N–H and O–H groups in total. The Labute approximate surface area is 153 Å². The van der Waals surface area contributed by atoms with Gasteiger partial charge >= 0.3 is 0 Å². The van der Waals surface area contributed by atoms with Crippen molar-refractivity contribution < 1.29 is 19.1 Å². The van der Waals surface area contributed by atoms with Crippen molar-refractivity contribution in [3.8, 4) is 11.5 Å². The van der Waals surface area contributed by atoms with E-state index in [4.69, 9.17) is 9.47 Å². The van der Waals surface area contributed by atoms with Crippen molar-refractivity contribution in [1.29, 1.82) is 0 Å². The van der Waals surface area contributed by atoms with Crippen LogP contribution in [0.25, 0.3) is 0 Å². The van der Waals surface area contributed by atoms with Crippen molar-refractivity contribution in [2.24, 2.45) is 0 Å². The molecule has 0 aliphatic rings. The number of rotatable bonds is 8. The molecule has 0 spiro atoms. The molecule has 0 radical (unpaired) electrons. The summed E-state index contributed by atoms with van der Waals surface area (Å²) >= 11 is 0. The second kappa shape index (κ2) is 9.46. The van der Waals surface area contributed by atoms with Crippen LogP contribution in [0.3, 0.4) is 0 Å². The standard InChI is InChI=1S/C20H24N2O4/c1-14-4-5-16(12-15(14)2)22-20(24)13-19(23)21-10-11-26-18-8-6-17(25-3)7-9-18/h4-9,12H,10-11,13H2,1-3H3,(H,21,23)(H,22,24). The van der Waals surface area contributed by atoms with E-state index in [1.165, 1.54) is 0 Å². The van der Waals surface area contributed by atoms with E-state index in [2.05, 4.69) is 10.6 Å². The minimum Gasteiger partial charge on any atom is -0.497 e. The molecule has 0 saturated heterocycles. The number of hydrogen-bond acceptors (Lipinski definition) is 4. The number of methoxy groups -OCH3 is 1. The molecule has 0 fully saturated rings. The number of carbonyl (C=O) groups excluding carboxylic acids is 2. The molecule has 2 amide bonds. The number of hydrogen-bond donors (Lipinski definition) is 2. The highest BCUT2D eigenvalue weighted by Crippen LogP contribution is 2.16. The molecule has 0 aliphatic carbocycles. The largest absolute Gasteiger partial charge is 0.497 e. The van der Waals surface area contributed by atoms with Crippen LogP contribution >= 0.6 is 0 Å². The first kappa shape index (κ1) is 19.3. The molecular formula is C20H24N2O4. The highest BCUT2D eigenvalue weighted by molar-refractivity contribution is 6.03. The average Bonchev–Trinajstić information content (AvgIpc) is 2.62. The van der Waals surface area contributed by atoms with Crippen LogP contribution in [-0.4, -0.2) is 32.1 Å². The highest BCUT2D eigenvalue weighted by Gasteiger charge is 2.09. The summed E-state index contributed by atoms with van der Waals surface area (Å²) in [6, 6.07) is 12.8. The fourth-order valence-corrected chi connectivity index (χ4v) is 2.26. The number of benzene rings is 2. The third kappa shape index (κ3) is 6.12. The van der Waals surface area contributed by atoms with E-state index in [-0.39, 0.29) is 18.2 Å². The van der Waals surface area contributed by atoms with Crippen LogP contribution in [0.5, 0.6) is 11.5 Å². The minimum absolute atomic E-state index is 0.227. The Balaban J connectivity index is 1.67. The summed E-state index contributed by atoms with van der Waals surface area (Å²) in [7, 11) is 1.60. The SMILES string of the molecule is COc1ccc(OCCNC(=O)CC(=O)Nc2ccc(C)c(C)c2)cc1. The van der Waals surface area contributed by atoms with Crippen LogP contribution in [0.1, 0.15) is 17.5 Å². The van der Waals surface area contributed by atoms with E-state index in [0.717, 1.165) is 16.9 Å². The fraction of sp³-hybridized carbons (Fsp3) is 0.300. The van der Waals surface area contributed by atoms with Gasteiger partial charge in [0.25, 0.3) is 0 Å². The van der Waals surface area contributed by atoms with Gasteiger partial charge < -0.3 is 20.1 Å². The summed E-state index contributed by atoms with van der Waals surface area (Å²) in [4.78, 5) is 23.7. The van der Waals surface area contributed by atoms with Crippen LogP contribution in [-0.2, 0) is 9.59 Å². The third-order valence-corrected chi connectivity index (χ3v) is 3.86. The Bertz CT molecular complexity index is 757. The van der Waals surface area contributed by atoms with Gasteiger partial charge in [0.2, 0.25) is 11.8 Å². The molecule has 6 nitrogen and oxygen atoms in total. The zero-order valence-electron chi connectivity index (χ0n) is 15.3. The fourth-order valence-electron chi connectivity index (χ4n) is 2.26. The Morgan fingerprint density at radius 1 is 0.923 bits per heavy atom. The van der Waals surface area contributed by atoms with Gasteiger partial charge in [-0.1, -0.05) is 6.07 Å². The Morgan fingerprint density at radius 3 is 2.27 bits per heavy atom. The Kier molecular flexibility index (Phi) is 7.02. The zero-order valence-corrected chi connectivity index (χ0v) is 15.3. The molecule has 0 unspecified atom stereocenters. The molecule has 0 bridgehead atoms. The van der Waals surface area contributed by atoms with Crippen molar-refractivity contribution in [2.75, 3.05) is 25.6 Å². The topological polar surface area (TPSA) is 76.7 Å². The molecule has 2 aromatic rings. The molecular weight excluding hydrogens is 332 g/mol. The number of aryl methyl sites for hydroxylation is 2. The molecule has 2 aromatic carbocycles. The first-order valence-electron chi connectivity index (χ1n) is 8.38. The van der Waals surface area contributed by atoms with E-state index in [1.54, 1.807) is 31.4 Å². The lowest BCUT2D eigenvalue weighted by Gasteiger charge is -2.09. The van der Waals surface area contributed by atoms with Gasteiger partial charge in [-0.15, -0.1) is 0 Å². The Hall–Kier alpha value is -3.02. The van der Waals surface area contributed by atoms with Gasteiger partial charge in [-0.2, -0.15) is 0 Å². The van der Waals surface area contributed by atoms with E-state index in [9.17, 15) is 9.59 Å². The first-order chi connectivity index (χ1) is 12.5. The number of ether oxygens (including phenoxy) is 2. The molecule has 138 valence electrons. The zero-order chi connectivity index (χ0) is 18.9. The monoisotopic (exact) mass is 356 g/mol. The normalized spacial score (nSPS) is 10.1. The maximum absolute atomic E-state index is 11.9. The molecule has 6 heteroatoms. The lowest BCUT2D eigenvalue weighted by Crippen LogP contribution is -2.31. The van der Waals surface area contributed by atoms with Crippen LogP contribution in [0.4, 0.5) is 5.69 Å². The number of nitrogens with one attached hydrogen (secondary N) is 2. The maximum Gasteiger partial charge on any atom is 0.233 e. The predicted molar refractivity (Wildman–Crippen MR) is 101 cm³/mol. The van der Waals surface area contributed by atoms with Crippen molar-refractivity contribution in [2.45, 2.75) is 20.3 Å². The molecule has 2 rings (SSSR count). The second-order valence-electron chi connectivity index (χ2n) is 5.90. The van der Waals surface area contributed by atoms with Gasteiger partial charge in [0.05, 0.1) is 13.7 Å². The van der Waals surface area contributed by atoms with Gasteiger partial charge in [0.1, 0.15) is 24.5 Å². The van der Waals surface area contributed by atoms with Gasteiger partial charge in [-0.25, -0.2) is 0 Å². The van der Waals surface area contributed by atoms with Crippen molar-refractivity contribution in [3.05, 3.63) is 53.6 Å². The van der Waals surface area contributed by atoms with Gasteiger partial charge in [-0.05, 0) is 61.4 Å². The lowest BCUT2D eigenvalue weighted by molar-refractivity contribution is -0.126. The summed E-state index contributed by atoms with van der Waals surface area (Å²) in [6.45, 7) is 4.61. The third-order valence-electron chi connectivity index (χ3n) is 3.86. The predicted octanol–water partition coefficient (Wildman–Crippen LogP) is 2.84. The molecule has 0 aliphatic heterocycles. The number of anilines is 1. The summed E-state index contributed by atoms with van der Waals surface area (Å²) in [6.07, 6.45) is -0.227. The highest BCUT2D eigenvalue weighted by atomic mass is 16.5. The van der Waals surface area contributed by atoms with Crippen LogP contribution in [0.2, 0.25) is 0 Å². The molecule has 0 heterocycles. The number of amides is 2. The van der Waals surface area contributed by atoms with Crippen LogP contribution < -0.4 is 20.1 Å². The second-order valence-corrected chi connectivity index (χ2v) is 5.90. The lowest BCUT2D eigenvalue weighted by atomic mass is 10.1. The molecule has 0 atom stereocenters. The van der Waals surface area contributed by atoms with Crippen molar-refractivity contribution in [3.63, 3.8) is 0 Å². The summed E-state index contributed by atoms with van der Waals surface area (Å²) in [5, 5.41) is 5.39.